The molecule has 2 N–H and O–H groups in total. The first-order valence-corrected chi connectivity index (χ1v) is 8.51. The van der Waals surface area contributed by atoms with Gasteiger partial charge in [-0.25, -0.2) is 0 Å². The molecule has 134 valence electrons. The third-order valence-electron chi connectivity index (χ3n) is 3.22. The molecule has 24 heavy (non-hydrogen) atoms. The number of amides is 2. The molecule has 0 aromatic heterocycles. The summed E-state index contributed by atoms with van der Waals surface area (Å²) >= 11 is 0. The van der Waals surface area contributed by atoms with Gasteiger partial charge in [-0.2, -0.15) is 0 Å². The first-order valence-electron chi connectivity index (χ1n) is 8.51. The number of hydrogen-bond donors (Lipinski definition) is 2. The molecule has 0 bridgehead atoms. The van der Waals surface area contributed by atoms with Gasteiger partial charge in [0.2, 0.25) is 5.91 Å². The van der Waals surface area contributed by atoms with Crippen LogP contribution in [0.4, 0.5) is 0 Å². The van der Waals surface area contributed by atoms with Gasteiger partial charge >= 0.3 is 0 Å². The Morgan fingerprint density at radius 1 is 1.04 bits per heavy atom. The van der Waals surface area contributed by atoms with Crippen molar-refractivity contribution in [1.82, 2.24) is 10.6 Å². The molecular formula is C18H28N2O4. The molecule has 0 saturated heterocycles. The molecule has 0 heterocycles. The van der Waals surface area contributed by atoms with Crippen LogP contribution in [-0.2, 0) is 4.79 Å². The van der Waals surface area contributed by atoms with Gasteiger partial charge in [0.05, 0.1) is 13.2 Å². The van der Waals surface area contributed by atoms with E-state index in [-0.39, 0.29) is 11.8 Å². The van der Waals surface area contributed by atoms with Crippen LogP contribution in [0.3, 0.4) is 0 Å². The molecule has 0 saturated carbocycles. The molecule has 0 fully saturated rings. The molecule has 6 nitrogen and oxygen atoms in total. The van der Waals surface area contributed by atoms with Gasteiger partial charge in [-0.1, -0.05) is 13.8 Å². The predicted octanol–water partition coefficient (Wildman–Crippen LogP) is 2.52. The Morgan fingerprint density at radius 2 is 1.67 bits per heavy atom. The number of hydrogen-bond acceptors (Lipinski definition) is 4. The smallest absolute Gasteiger partial charge is 0.252 e. The van der Waals surface area contributed by atoms with E-state index in [0.717, 1.165) is 12.8 Å². The maximum Gasteiger partial charge on any atom is 0.252 e. The van der Waals surface area contributed by atoms with Crippen molar-refractivity contribution >= 4 is 11.8 Å². The van der Waals surface area contributed by atoms with Crippen molar-refractivity contribution in [2.24, 2.45) is 0 Å². The van der Waals surface area contributed by atoms with E-state index in [2.05, 4.69) is 10.6 Å². The molecule has 1 aromatic carbocycles. The number of ether oxygens (including phenoxy) is 2. The van der Waals surface area contributed by atoms with Crippen LogP contribution in [0.1, 0.15) is 50.9 Å². The topological polar surface area (TPSA) is 76.7 Å². The second-order valence-electron chi connectivity index (χ2n) is 5.45. The van der Waals surface area contributed by atoms with Crippen LogP contribution in [0.2, 0.25) is 0 Å². The first-order chi connectivity index (χ1) is 11.5. The van der Waals surface area contributed by atoms with Crippen LogP contribution in [0.15, 0.2) is 18.2 Å². The number of carbonyl (C=O) groups is 2. The predicted molar refractivity (Wildman–Crippen MR) is 93.6 cm³/mol. The Labute approximate surface area is 143 Å². The standard InChI is InChI=1S/C18H28N2O4/c1-5-10-23-15-9-8-14(12-16(15)24-11-6-2)18(22)20-13(4)17(21)19-7-3/h8-9,12-13H,5-7,10-11H2,1-4H3,(H,19,21)(H,20,22)/t13-/m0/s1. The van der Waals surface area contributed by atoms with Crippen LogP contribution >= 0.6 is 0 Å². The fourth-order valence-electron chi connectivity index (χ4n) is 1.98. The summed E-state index contributed by atoms with van der Waals surface area (Å²) in [5.74, 6) is 0.635. The lowest BCUT2D eigenvalue weighted by atomic mass is 10.1. The minimum Gasteiger partial charge on any atom is -0.490 e. The minimum absolute atomic E-state index is 0.212. The van der Waals surface area contributed by atoms with Gasteiger partial charge in [0, 0.05) is 12.1 Å². The zero-order valence-electron chi connectivity index (χ0n) is 15.0. The van der Waals surface area contributed by atoms with Gasteiger partial charge in [0.25, 0.3) is 5.91 Å². The number of nitrogens with one attached hydrogen (secondary N) is 2. The molecular weight excluding hydrogens is 308 g/mol. The first kappa shape index (κ1) is 19.8. The van der Waals surface area contributed by atoms with Crippen LogP contribution in [0, 0.1) is 0 Å². The molecule has 0 aliphatic carbocycles. The summed E-state index contributed by atoms with van der Waals surface area (Å²) in [6.45, 7) is 9.17. The normalized spacial score (nSPS) is 11.5. The quantitative estimate of drug-likeness (QED) is 0.688. The fourth-order valence-corrected chi connectivity index (χ4v) is 1.98. The minimum atomic E-state index is -0.603. The third kappa shape index (κ3) is 6.10. The van der Waals surface area contributed by atoms with E-state index in [1.165, 1.54) is 0 Å². The van der Waals surface area contributed by atoms with Crippen molar-refractivity contribution in [3.63, 3.8) is 0 Å². The van der Waals surface area contributed by atoms with E-state index in [9.17, 15) is 9.59 Å². The van der Waals surface area contributed by atoms with E-state index in [1.807, 2.05) is 20.8 Å². The van der Waals surface area contributed by atoms with Crippen molar-refractivity contribution in [2.45, 2.75) is 46.6 Å². The molecule has 1 atom stereocenters. The largest absolute Gasteiger partial charge is 0.490 e. The number of rotatable bonds is 10. The van der Waals surface area contributed by atoms with Crippen molar-refractivity contribution < 1.29 is 19.1 Å². The monoisotopic (exact) mass is 336 g/mol. The van der Waals surface area contributed by atoms with Crippen molar-refractivity contribution in [1.29, 1.82) is 0 Å². The van der Waals surface area contributed by atoms with Gasteiger partial charge < -0.3 is 20.1 Å². The van der Waals surface area contributed by atoms with Crippen molar-refractivity contribution in [2.75, 3.05) is 19.8 Å². The molecule has 0 radical (unpaired) electrons. The van der Waals surface area contributed by atoms with Gasteiger partial charge in [-0.3, -0.25) is 9.59 Å². The highest BCUT2D eigenvalue weighted by molar-refractivity contribution is 5.97. The Hall–Kier alpha value is -2.24. The van der Waals surface area contributed by atoms with Crippen molar-refractivity contribution in [3.8, 4) is 11.5 Å². The second-order valence-corrected chi connectivity index (χ2v) is 5.45. The highest BCUT2D eigenvalue weighted by Gasteiger charge is 2.17. The Bertz CT molecular complexity index is 546. The summed E-state index contributed by atoms with van der Waals surface area (Å²) in [6.07, 6.45) is 1.75. The molecule has 0 aliphatic heterocycles. The second kappa shape index (κ2) is 10.5. The van der Waals surface area contributed by atoms with Crippen molar-refractivity contribution in [3.05, 3.63) is 23.8 Å². The zero-order valence-corrected chi connectivity index (χ0v) is 15.0. The lowest BCUT2D eigenvalue weighted by molar-refractivity contribution is -0.122. The van der Waals surface area contributed by atoms with E-state index in [4.69, 9.17) is 9.47 Å². The average Bonchev–Trinajstić information content (AvgIpc) is 2.58. The molecule has 0 unspecified atom stereocenters. The Kier molecular flexibility index (Phi) is 8.68. The maximum atomic E-state index is 12.3. The Morgan fingerprint density at radius 3 is 2.25 bits per heavy atom. The number of benzene rings is 1. The molecule has 1 aromatic rings. The lowest BCUT2D eigenvalue weighted by Gasteiger charge is -2.16. The summed E-state index contributed by atoms with van der Waals surface area (Å²) in [5, 5.41) is 5.35. The Balaban J connectivity index is 2.86. The maximum absolute atomic E-state index is 12.3. The fraction of sp³-hybridized carbons (Fsp3) is 0.556. The third-order valence-corrected chi connectivity index (χ3v) is 3.22. The van der Waals surface area contributed by atoms with Crippen LogP contribution in [0.5, 0.6) is 11.5 Å². The lowest BCUT2D eigenvalue weighted by Crippen LogP contribution is -2.44. The van der Waals surface area contributed by atoms with E-state index in [0.29, 0.717) is 36.8 Å². The van der Waals surface area contributed by atoms with Crippen LogP contribution in [0.25, 0.3) is 0 Å². The van der Waals surface area contributed by atoms with Crippen LogP contribution < -0.4 is 20.1 Å². The molecule has 0 spiro atoms. The summed E-state index contributed by atoms with van der Waals surface area (Å²) in [6, 6.07) is 4.45. The molecule has 6 heteroatoms. The molecule has 1 rings (SSSR count). The number of likely N-dealkylation sites (N-methyl/N-ethyl adjacent to an activating group) is 1. The van der Waals surface area contributed by atoms with Gasteiger partial charge in [0.15, 0.2) is 11.5 Å². The van der Waals surface area contributed by atoms with Gasteiger partial charge in [-0.05, 0) is 44.9 Å². The van der Waals surface area contributed by atoms with E-state index in [1.54, 1.807) is 25.1 Å². The van der Waals surface area contributed by atoms with Crippen LogP contribution in [-0.4, -0.2) is 37.6 Å². The van der Waals surface area contributed by atoms with E-state index < -0.39 is 6.04 Å². The molecule has 0 aliphatic rings. The highest BCUT2D eigenvalue weighted by Crippen LogP contribution is 2.29. The number of carbonyl (C=O) groups excluding carboxylic acids is 2. The van der Waals surface area contributed by atoms with Gasteiger partial charge in [-0.15, -0.1) is 0 Å². The summed E-state index contributed by atoms with van der Waals surface area (Å²) in [5.41, 5.74) is 0.432. The zero-order chi connectivity index (χ0) is 17.9. The van der Waals surface area contributed by atoms with Gasteiger partial charge in [0.1, 0.15) is 6.04 Å². The summed E-state index contributed by atoms with van der Waals surface area (Å²) < 4.78 is 11.3. The highest BCUT2D eigenvalue weighted by atomic mass is 16.5. The summed E-state index contributed by atoms with van der Waals surface area (Å²) in [4.78, 5) is 24.0. The SMILES string of the molecule is CCCOc1ccc(C(=O)N[C@@H](C)C(=O)NCC)cc1OCCC. The molecule has 2 amide bonds. The average molecular weight is 336 g/mol. The van der Waals surface area contributed by atoms with E-state index >= 15 is 0 Å². The summed E-state index contributed by atoms with van der Waals surface area (Å²) in [7, 11) is 0.